The van der Waals surface area contributed by atoms with Crippen LogP contribution < -0.4 is 14.8 Å². The minimum atomic E-state index is 0.413. The van der Waals surface area contributed by atoms with Crippen LogP contribution >= 0.6 is 0 Å². The Morgan fingerprint density at radius 2 is 1.08 bits per heavy atom. The number of hydrogen-bond acceptors (Lipinski definition) is 7. The van der Waals surface area contributed by atoms with Gasteiger partial charge in [0.05, 0.1) is 51.3 Å². The largest absolute Gasteiger partial charge is 0.487 e. The van der Waals surface area contributed by atoms with Gasteiger partial charge in [-0.25, -0.2) is 0 Å². The van der Waals surface area contributed by atoms with Crippen LogP contribution in [0.15, 0.2) is 66.7 Å². The molecule has 0 saturated heterocycles. The molecule has 7 nitrogen and oxygen atoms in total. The summed E-state index contributed by atoms with van der Waals surface area (Å²) in [5.74, 6) is 1.32. The number of rotatable bonds is 4. The third-order valence-electron chi connectivity index (χ3n) is 5.37. The summed E-state index contributed by atoms with van der Waals surface area (Å²) in [5.41, 5.74) is 4.63. The first kappa shape index (κ1) is 25.3. The average Bonchev–Trinajstić information content (AvgIpc) is 2.92. The van der Waals surface area contributed by atoms with Crippen molar-refractivity contribution in [1.82, 2.24) is 0 Å². The average molecular weight is 487 g/mol. The molecule has 0 radical (unpaired) electrons. The summed E-state index contributed by atoms with van der Waals surface area (Å²) in [6, 6.07) is 23.6. The Hall–Kier alpha value is -3.83. The highest BCUT2D eigenvalue weighted by molar-refractivity contribution is 5.71. The Kier molecular flexibility index (Phi) is 9.76. The zero-order valence-corrected chi connectivity index (χ0v) is 20.2. The number of nitrogens with one attached hydrogen (secondary N) is 1. The van der Waals surface area contributed by atoms with E-state index in [2.05, 4.69) is 11.4 Å². The topological polar surface area (TPSA) is 82.0 Å². The van der Waals surface area contributed by atoms with Gasteiger partial charge >= 0.3 is 0 Å². The lowest BCUT2D eigenvalue weighted by Crippen LogP contribution is -2.13. The molecule has 0 bridgehead atoms. The van der Waals surface area contributed by atoms with E-state index < -0.39 is 0 Å². The van der Waals surface area contributed by atoms with Gasteiger partial charge in [-0.1, -0.05) is 36.4 Å². The Morgan fingerprint density at radius 3 is 1.67 bits per heavy atom. The summed E-state index contributed by atoms with van der Waals surface area (Å²) in [5, 5.41) is 12.3. The monoisotopic (exact) mass is 486 g/mol. The third-order valence-corrected chi connectivity index (χ3v) is 5.37. The van der Waals surface area contributed by atoms with Crippen molar-refractivity contribution >= 4 is 23.5 Å². The van der Waals surface area contributed by atoms with Gasteiger partial charge < -0.3 is 29.0 Å². The molecular formula is C29H30N2O5. The highest BCUT2D eigenvalue weighted by Crippen LogP contribution is 2.32. The summed E-state index contributed by atoms with van der Waals surface area (Å²) in [6.45, 7) is 3.91. The van der Waals surface area contributed by atoms with Crippen LogP contribution in [-0.4, -0.2) is 52.9 Å². The molecule has 0 atom stereocenters. The summed E-state index contributed by atoms with van der Waals surface area (Å²) < 4.78 is 28.4. The molecular weight excluding hydrogens is 456 g/mol. The molecule has 0 fully saturated rings. The van der Waals surface area contributed by atoms with Crippen molar-refractivity contribution in [2.45, 2.75) is 0 Å². The first-order chi connectivity index (χ1) is 17.8. The molecule has 7 heteroatoms. The smallest absolute Gasteiger partial charge is 0.163 e. The van der Waals surface area contributed by atoms with E-state index in [0.717, 1.165) is 22.5 Å². The second kappa shape index (κ2) is 13.9. The van der Waals surface area contributed by atoms with Crippen molar-refractivity contribution in [3.63, 3.8) is 0 Å². The highest BCUT2D eigenvalue weighted by atomic mass is 16.6. The number of hydrogen-bond donors (Lipinski definition) is 1. The van der Waals surface area contributed by atoms with Crippen LogP contribution in [0.4, 0.5) is 11.4 Å². The Labute approximate surface area is 211 Å². The zero-order valence-electron chi connectivity index (χ0n) is 20.2. The molecule has 1 heterocycles. The number of nitriles is 1. The molecule has 186 valence electrons. The fourth-order valence-electron chi connectivity index (χ4n) is 3.49. The fourth-order valence-corrected chi connectivity index (χ4v) is 3.49. The van der Waals surface area contributed by atoms with Crippen molar-refractivity contribution in [3.05, 3.63) is 83.4 Å². The summed E-state index contributed by atoms with van der Waals surface area (Å²) in [4.78, 5) is 0. The Morgan fingerprint density at radius 1 is 0.583 bits per heavy atom. The van der Waals surface area contributed by atoms with E-state index in [1.54, 1.807) is 0 Å². The Balaban J connectivity index is 1.38. The molecule has 3 aromatic rings. The van der Waals surface area contributed by atoms with Gasteiger partial charge in [0.1, 0.15) is 13.2 Å². The van der Waals surface area contributed by atoms with E-state index in [0.29, 0.717) is 69.9 Å². The minimum Gasteiger partial charge on any atom is -0.487 e. The van der Waals surface area contributed by atoms with Gasteiger partial charge in [0.25, 0.3) is 0 Å². The lowest BCUT2D eigenvalue weighted by atomic mass is 10.1. The van der Waals surface area contributed by atoms with E-state index in [1.165, 1.54) is 0 Å². The molecule has 0 amide bonds. The first-order valence-corrected chi connectivity index (χ1v) is 12.0. The van der Waals surface area contributed by atoms with Gasteiger partial charge in [-0.05, 0) is 47.5 Å². The standard InChI is InChI=1S/C29H30N2O5/c30-22-25-5-3-23(4-6-25)1-2-24-7-9-26(10-8-24)31-27-11-12-28-29(21-27)36-20-18-34-16-14-32-13-15-33-17-19-35-28/h1-12,21,31H,13-20H2/b2-1+. The van der Waals surface area contributed by atoms with E-state index in [1.807, 2.05) is 78.9 Å². The van der Waals surface area contributed by atoms with Crippen LogP contribution in [-0.2, 0) is 14.2 Å². The minimum absolute atomic E-state index is 0.413. The SMILES string of the molecule is N#Cc1ccc(/C=C/c2ccc(Nc3ccc4c(c3)OCCOCCOCCOCCO4)cc2)cc1. The number of ether oxygens (including phenoxy) is 5. The first-order valence-electron chi connectivity index (χ1n) is 12.0. The van der Waals surface area contributed by atoms with E-state index in [4.69, 9.17) is 28.9 Å². The predicted octanol–water partition coefficient (Wildman–Crippen LogP) is 5.29. The van der Waals surface area contributed by atoms with E-state index in [9.17, 15) is 0 Å². The quantitative estimate of drug-likeness (QED) is 0.502. The van der Waals surface area contributed by atoms with Crippen molar-refractivity contribution in [1.29, 1.82) is 5.26 Å². The number of anilines is 2. The van der Waals surface area contributed by atoms with Crippen LogP contribution in [0.25, 0.3) is 12.2 Å². The van der Waals surface area contributed by atoms with Crippen molar-refractivity contribution in [3.8, 4) is 17.6 Å². The maximum absolute atomic E-state index is 8.92. The van der Waals surface area contributed by atoms with Crippen LogP contribution in [0.1, 0.15) is 16.7 Å². The van der Waals surface area contributed by atoms with Gasteiger partial charge in [0.15, 0.2) is 11.5 Å². The second-order valence-electron chi connectivity index (χ2n) is 8.01. The van der Waals surface area contributed by atoms with Crippen LogP contribution in [0, 0.1) is 11.3 Å². The van der Waals surface area contributed by atoms with Crippen molar-refractivity contribution in [2.24, 2.45) is 0 Å². The predicted molar refractivity (Wildman–Crippen MR) is 140 cm³/mol. The molecule has 0 saturated carbocycles. The molecule has 1 aliphatic rings. The van der Waals surface area contributed by atoms with Gasteiger partial charge in [-0.3, -0.25) is 0 Å². The summed E-state index contributed by atoms with van der Waals surface area (Å²) >= 11 is 0. The van der Waals surface area contributed by atoms with Crippen LogP contribution in [0.2, 0.25) is 0 Å². The molecule has 36 heavy (non-hydrogen) atoms. The molecule has 1 N–H and O–H groups in total. The lowest BCUT2D eigenvalue weighted by Gasteiger charge is -2.15. The Bertz CT molecular complexity index is 1150. The molecule has 0 unspecified atom stereocenters. The fraction of sp³-hybridized carbons (Fsp3) is 0.276. The molecule has 0 spiro atoms. The normalized spacial score (nSPS) is 15.4. The summed E-state index contributed by atoms with van der Waals surface area (Å²) in [7, 11) is 0. The van der Waals surface area contributed by atoms with Gasteiger partial charge in [0, 0.05) is 17.4 Å². The van der Waals surface area contributed by atoms with Crippen LogP contribution in [0.5, 0.6) is 11.5 Å². The maximum Gasteiger partial charge on any atom is 0.163 e. The lowest BCUT2D eigenvalue weighted by molar-refractivity contribution is 0.00708. The zero-order chi connectivity index (χ0) is 24.8. The molecule has 3 aromatic carbocycles. The highest BCUT2D eigenvalue weighted by Gasteiger charge is 2.08. The van der Waals surface area contributed by atoms with Crippen molar-refractivity contribution in [2.75, 3.05) is 58.2 Å². The maximum atomic E-state index is 8.92. The molecule has 4 rings (SSSR count). The second-order valence-corrected chi connectivity index (χ2v) is 8.01. The third kappa shape index (κ3) is 8.14. The van der Waals surface area contributed by atoms with Gasteiger partial charge in [-0.2, -0.15) is 5.26 Å². The number of fused-ring (bicyclic) bond motifs is 1. The van der Waals surface area contributed by atoms with Gasteiger partial charge in [-0.15, -0.1) is 0 Å². The summed E-state index contributed by atoms with van der Waals surface area (Å²) in [6.07, 6.45) is 4.07. The molecule has 0 aromatic heterocycles. The van der Waals surface area contributed by atoms with Gasteiger partial charge in [0.2, 0.25) is 0 Å². The molecule has 1 aliphatic heterocycles. The van der Waals surface area contributed by atoms with Crippen molar-refractivity contribution < 1.29 is 23.7 Å². The number of benzene rings is 3. The molecule has 0 aliphatic carbocycles. The van der Waals surface area contributed by atoms with Crippen LogP contribution in [0.3, 0.4) is 0 Å². The number of nitrogens with zero attached hydrogens (tertiary/aromatic N) is 1. The van der Waals surface area contributed by atoms with E-state index >= 15 is 0 Å². The van der Waals surface area contributed by atoms with E-state index in [-0.39, 0.29) is 0 Å².